The first-order chi connectivity index (χ1) is 14.7. The van der Waals surface area contributed by atoms with E-state index in [1.807, 2.05) is 0 Å². The zero-order chi connectivity index (χ0) is 23.9. The van der Waals surface area contributed by atoms with Crippen molar-refractivity contribution < 1.29 is 35.5 Å². The monoisotopic (exact) mass is 473 g/mol. The van der Waals surface area contributed by atoms with E-state index in [1.165, 1.54) is 12.1 Å². The third-order valence-electron chi connectivity index (χ3n) is 4.23. The second kappa shape index (κ2) is 8.17. The zero-order valence-corrected chi connectivity index (χ0v) is 18.0. The number of fused-ring (bicyclic) bond motifs is 1. The lowest BCUT2D eigenvalue weighted by Gasteiger charge is -2.22. The predicted molar refractivity (Wildman–Crippen MR) is 107 cm³/mol. The van der Waals surface area contributed by atoms with Crippen LogP contribution in [-0.4, -0.2) is 36.1 Å². The molecule has 0 aliphatic heterocycles. The van der Waals surface area contributed by atoms with Gasteiger partial charge in [0.25, 0.3) is 0 Å². The lowest BCUT2D eigenvalue weighted by molar-refractivity contribution is -0.153. The van der Waals surface area contributed by atoms with Crippen molar-refractivity contribution in [1.29, 1.82) is 0 Å². The lowest BCUT2D eigenvalue weighted by atomic mass is 10.1. The SMILES string of the molecule is CC(C)(C)OC(=O)n1ncc2c(S(=O)(=O)N[C@H](c3ccc(F)cc3)C(F)(F)F)cccc21. The van der Waals surface area contributed by atoms with Crippen LogP contribution in [0.1, 0.15) is 32.4 Å². The van der Waals surface area contributed by atoms with E-state index in [-0.39, 0.29) is 10.9 Å². The minimum atomic E-state index is -5.00. The molecule has 0 aliphatic carbocycles. The first kappa shape index (κ1) is 23.7. The summed E-state index contributed by atoms with van der Waals surface area (Å²) in [5.41, 5.74) is -1.30. The van der Waals surface area contributed by atoms with Crippen LogP contribution in [0.4, 0.5) is 22.4 Å². The highest BCUT2D eigenvalue weighted by Crippen LogP contribution is 2.35. The molecule has 1 atom stereocenters. The Labute approximate surface area is 181 Å². The third-order valence-corrected chi connectivity index (χ3v) is 5.71. The highest BCUT2D eigenvalue weighted by Gasteiger charge is 2.43. The summed E-state index contributed by atoms with van der Waals surface area (Å²) in [6.07, 6.45) is -4.83. The van der Waals surface area contributed by atoms with Gasteiger partial charge in [-0.25, -0.2) is 17.6 Å². The quantitative estimate of drug-likeness (QED) is 0.562. The number of ether oxygens (including phenoxy) is 1. The molecule has 7 nitrogen and oxygen atoms in total. The molecule has 2 aromatic carbocycles. The maximum Gasteiger partial charge on any atom is 0.435 e. The van der Waals surface area contributed by atoms with Crippen LogP contribution in [0, 0.1) is 5.82 Å². The van der Waals surface area contributed by atoms with Gasteiger partial charge in [0.15, 0.2) is 0 Å². The average Bonchev–Trinajstić information content (AvgIpc) is 3.09. The number of alkyl halides is 3. The van der Waals surface area contributed by atoms with Gasteiger partial charge in [-0.05, 0) is 50.6 Å². The van der Waals surface area contributed by atoms with E-state index in [1.54, 1.807) is 25.5 Å². The normalized spacial score (nSPS) is 13.8. The van der Waals surface area contributed by atoms with Gasteiger partial charge in [0.2, 0.25) is 10.0 Å². The van der Waals surface area contributed by atoms with Crippen LogP contribution in [0.5, 0.6) is 0 Å². The first-order valence-electron chi connectivity index (χ1n) is 9.24. The lowest BCUT2D eigenvalue weighted by Crippen LogP contribution is -2.38. The van der Waals surface area contributed by atoms with Crippen molar-refractivity contribution in [1.82, 2.24) is 14.5 Å². The van der Waals surface area contributed by atoms with E-state index in [4.69, 9.17) is 4.74 Å². The molecule has 172 valence electrons. The fourth-order valence-electron chi connectivity index (χ4n) is 2.91. The highest BCUT2D eigenvalue weighted by molar-refractivity contribution is 7.89. The van der Waals surface area contributed by atoms with E-state index in [0.717, 1.165) is 41.2 Å². The molecule has 0 amide bonds. The number of hydrogen-bond acceptors (Lipinski definition) is 5. The van der Waals surface area contributed by atoms with E-state index in [9.17, 15) is 30.8 Å². The maximum absolute atomic E-state index is 13.6. The van der Waals surface area contributed by atoms with Crippen LogP contribution in [0.2, 0.25) is 0 Å². The number of nitrogens with zero attached hydrogens (tertiary/aromatic N) is 2. The average molecular weight is 473 g/mol. The molecule has 0 unspecified atom stereocenters. The molecule has 0 saturated heterocycles. The summed E-state index contributed by atoms with van der Waals surface area (Å²) in [6, 6.07) is 4.40. The number of carbonyl (C=O) groups excluding carboxylic acids is 1. The molecule has 1 N–H and O–H groups in total. The number of nitrogens with one attached hydrogen (secondary N) is 1. The molecule has 1 heterocycles. The maximum atomic E-state index is 13.6. The second-order valence-corrected chi connectivity index (χ2v) is 9.56. The Morgan fingerprint density at radius 3 is 2.28 bits per heavy atom. The fourth-order valence-corrected chi connectivity index (χ4v) is 4.32. The number of carbonyl (C=O) groups is 1. The number of sulfonamides is 1. The van der Waals surface area contributed by atoms with Gasteiger partial charge >= 0.3 is 12.3 Å². The molecule has 1 aromatic heterocycles. The van der Waals surface area contributed by atoms with Crippen molar-refractivity contribution >= 4 is 27.0 Å². The number of hydrogen-bond donors (Lipinski definition) is 1. The van der Waals surface area contributed by atoms with Crippen LogP contribution in [0.15, 0.2) is 53.6 Å². The van der Waals surface area contributed by atoms with Crippen LogP contribution in [0.25, 0.3) is 10.9 Å². The summed E-state index contributed by atoms with van der Waals surface area (Å²) >= 11 is 0. The van der Waals surface area contributed by atoms with Gasteiger partial charge in [-0.15, -0.1) is 0 Å². The van der Waals surface area contributed by atoms with Crippen molar-refractivity contribution in [3.63, 3.8) is 0 Å². The molecular weight excluding hydrogens is 454 g/mol. The largest absolute Gasteiger partial charge is 0.442 e. The molecule has 0 saturated carbocycles. The van der Waals surface area contributed by atoms with Crippen molar-refractivity contribution in [2.45, 2.75) is 43.5 Å². The third kappa shape index (κ3) is 5.07. The van der Waals surface area contributed by atoms with Gasteiger partial charge in [0.1, 0.15) is 17.5 Å². The Morgan fingerprint density at radius 2 is 1.72 bits per heavy atom. The summed E-state index contributed by atoms with van der Waals surface area (Å²) < 4.78 is 87.5. The molecule has 0 fully saturated rings. The van der Waals surface area contributed by atoms with Crippen LogP contribution < -0.4 is 4.72 Å². The molecule has 0 aliphatic rings. The van der Waals surface area contributed by atoms with Gasteiger partial charge in [-0.1, -0.05) is 18.2 Å². The smallest absolute Gasteiger partial charge is 0.435 e. The Kier molecular flexibility index (Phi) is 6.04. The zero-order valence-electron chi connectivity index (χ0n) is 17.1. The number of aromatic nitrogens is 2. The topological polar surface area (TPSA) is 90.3 Å². The molecule has 12 heteroatoms. The van der Waals surface area contributed by atoms with Gasteiger partial charge in [-0.2, -0.15) is 27.7 Å². The van der Waals surface area contributed by atoms with Crippen LogP contribution in [0.3, 0.4) is 0 Å². The van der Waals surface area contributed by atoms with Gasteiger partial charge < -0.3 is 4.74 Å². The van der Waals surface area contributed by atoms with Crippen molar-refractivity contribution in [3.8, 4) is 0 Å². The fraction of sp³-hybridized carbons (Fsp3) is 0.300. The van der Waals surface area contributed by atoms with Gasteiger partial charge in [0, 0.05) is 5.39 Å². The first-order valence-corrected chi connectivity index (χ1v) is 10.7. The molecule has 0 radical (unpaired) electrons. The van der Waals surface area contributed by atoms with Crippen molar-refractivity contribution in [3.05, 3.63) is 60.0 Å². The summed E-state index contributed by atoms with van der Waals surface area (Å²) in [4.78, 5) is 11.8. The Morgan fingerprint density at radius 1 is 1.09 bits per heavy atom. The number of halogens is 4. The van der Waals surface area contributed by atoms with Crippen LogP contribution in [-0.2, 0) is 14.8 Å². The highest BCUT2D eigenvalue weighted by atomic mass is 32.2. The van der Waals surface area contributed by atoms with Crippen LogP contribution >= 0.6 is 0 Å². The molecule has 32 heavy (non-hydrogen) atoms. The Bertz CT molecular complexity index is 1250. The molecule has 0 bridgehead atoms. The minimum Gasteiger partial charge on any atom is -0.442 e. The van der Waals surface area contributed by atoms with E-state index in [2.05, 4.69) is 5.10 Å². The summed E-state index contributed by atoms with van der Waals surface area (Å²) in [7, 11) is -4.74. The number of rotatable bonds is 4. The van der Waals surface area contributed by atoms with E-state index < -0.39 is 50.2 Å². The minimum absolute atomic E-state index is 0.0347. The Hall–Kier alpha value is -2.99. The van der Waals surface area contributed by atoms with E-state index in [0.29, 0.717) is 0 Å². The van der Waals surface area contributed by atoms with Gasteiger partial charge in [-0.3, -0.25) is 0 Å². The van der Waals surface area contributed by atoms with Gasteiger partial charge in [0.05, 0.1) is 16.6 Å². The molecular formula is C20H19F4N3O4S. The Balaban J connectivity index is 2.03. The van der Waals surface area contributed by atoms with Crippen molar-refractivity contribution in [2.24, 2.45) is 0 Å². The predicted octanol–water partition coefficient (Wildman–Crippen LogP) is 4.54. The summed E-state index contributed by atoms with van der Waals surface area (Å²) in [5.74, 6) is -0.767. The second-order valence-electron chi connectivity index (χ2n) is 7.87. The molecule has 0 spiro atoms. The number of benzene rings is 2. The van der Waals surface area contributed by atoms with Crippen molar-refractivity contribution in [2.75, 3.05) is 0 Å². The summed E-state index contributed by atoms with van der Waals surface area (Å²) in [6.45, 7) is 4.88. The molecule has 3 rings (SSSR count). The van der Waals surface area contributed by atoms with E-state index >= 15 is 0 Å². The summed E-state index contributed by atoms with van der Waals surface area (Å²) in [5, 5.41) is 3.76. The molecule has 3 aromatic rings. The standard InChI is InChI=1S/C20H19F4N3O4S/c1-19(2,3)31-18(28)27-15-5-4-6-16(14(15)11-25-27)32(29,30)26-17(20(22,23)24)12-7-9-13(21)10-8-12/h4-11,17,26H,1-3H3/t17-/m1/s1.